The first-order valence-corrected chi connectivity index (χ1v) is 7.91. The number of rotatable bonds is 4. The van der Waals surface area contributed by atoms with Crippen LogP contribution in [0.2, 0.25) is 0 Å². The zero-order valence-electron chi connectivity index (χ0n) is 10.8. The first kappa shape index (κ1) is 14.0. The first-order valence-electron chi connectivity index (χ1n) is 6.09. The van der Waals surface area contributed by atoms with Crippen molar-refractivity contribution in [2.45, 2.75) is 13.0 Å². The Kier molecular flexibility index (Phi) is 4.21. The summed E-state index contributed by atoms with van der Waals surface area (Å²) < 4.78 is 27.7. The molecule has 1 amide bonds. The molecule has 0 saturated carbocycles. The topological polar surface area (TPSA) is 72.5 Å². The lowest BCUT2D eigenvalue weighted by Crippen LogP contribution is -2.23. The third-order valence-corrected chi connectivity index (χ3v) is 4.88. The second kappa shape index (κ2) is 5.71. The Labute approximate surface area is 112 Å². The molecule has 1 aromatic carbocycles. The van der Waals surface area contributed by atoms with Gasteiger partial charge in [-0.15, -0.1) is 0 Å². The molecule has 5 nitrogen and oxygen atoms in total. The van der Waals surface area contributed by atoms with Crippen LogP contribution >= 0.6 is 0 Å². The minimum absolute atomic E-state index is 0.0450. The van der Waals surface area contributed by atoms with Crippen LogP contribution < -0.4 is 5.32 Å². The number of ether oxygens (including phenoxy) is 1. The molecule has 1 aliphatic heterocycles. The van der Waals surface area contributed by atoms with Gasteiger partial charge in [-0.2, -0.15) is 0 Å². The van der Waals surface area contributed by atoms with Gasteiger partial charge in [-0.1, -0.05) is 12.1 Å². The molecule has 1 aromatic rings. The highest BCUT2D eigenvalue weighted by Crippen LogP contribution is 2.21. The van der Waals surface area contributed by atoms with E-state index in [1.54, 1.807) is 13.2 Å². The number of benzene rings is 1. The lowest BCUT2D eigenvalue weighted by Gasteiger charge is -2.10. The van der Waals surface area contributed by atoms with E-state index in [0.717, 1.165) is 5.56 Å². The fourth-order valence-electron chi connectivity index (χ4n) is 2.15. The van der Waals surface area contributed by atoms with Gasteiger partial charge in [-0.3, -0.25) is 4.79 Å². The second-order valence-electron chi connectivity index (χ2n) is 4.72. The maximum atomic E-state index is 12.0. The van der Waals surface area contributed by atoms with Crippen LogP contribution in [0.4, 0.5) is 5.69 Å². The summed E-state index contributed by atoms with van der Waals surface area (Å²) in [5.74, 6) is -0.600. The number of methoxy groups -OCH3 is 1. The van der Waals surface area contributed by atoms with Gasteiger partial charge in [0.15, 0.2) is 9.84 Å². The van der Waals surface area contributed by atoms with Gasteiger partial charge in [0.2, 0.25) is 5.91 Å². The average Bonchev–Trinajstić information content (AvgIpc) is 2.71. The Morgan fingerprint density at radius 3 is 2.89 bits per heavy atom. The highest BCUT2D eigenvalue weighted by atomic mass is 32.2. The molecule has 0 bridgehead atoms. The summed E-state index contributed by atoms with van der Waals surface area (Å²) in [5, 5.41) is 2.76. The van der Waals surface area contributed by atoms with Gasteiger partial charge in [0.05, 0.1) is 24.0 Å². The molecule has 1 fully saturated rings. The maximum Gasteiger partial charge on any atom is 0.228 e. The Balaban J connectivity index is 2.01. The van der Waals surface area contributed by atoms with Crippen LogP contribution in [-0.4, -0.2) is 32.9 Å². The maximum absolute atomic E-state index is 12.0. The molecule has 1 aliphatic rings. The smallest absolute Gasteiger partial charge is 0.228 e. The van der Waals surface area contributed by atoms with Crippen molar-refractivity contribution in [1.82, 2.24) is 0 Å². The lowest BCUT2D eigenvalue weighted by atomic mass is 10.1. The van der Waals surface area contributed by atoms with E-state index < -0.39 is 15.8 Å². The summed E-state index contributed by atoms with van der Waals surface area (Å²) in [4.78, 5) is 12.0. The third kappa shape index (κ3) is 3.78. The Bertz CT molecular complexity index is 568. The van der Waals surface area contributed by atoms with Crippen LogP contribution in [0.5, 0.6) is 0 Å². The number of anilines is 1. The number of nitrogens with one attached hydrogen (secondary N) is 1. The molecule has 0 spiro atoms. The van der Waals surface area contributed by atoms with Gasteiger partial charge in [0.1, 0.15) is 0 Å². The van der Waals surface area contributed by atoms with Crippen molar-refractivity contribution >= 4 is 21.4 Å². The Hall–Kier alpha value is -1.40. The fourth-order valence-corrected chi connectivity index (χ4v) is 3.89. The number of carbonyl (C=O) groups is 1. The lowest BCUT2D eigenvalue weighted by molar-refractivity contribution is -0.119. The summed E-state index contributed by atoms with van der Waals surface area (Å²) in [7, 11) is -1.42. The largest absolute Gasteiger partial charge is 0.380 e. The van der Waals surface area contributed by atoms with E-state index in [-0.39, 0.29) is 17.4 Å². The molecule has 1 unspecified atom stereocenters. The summed E-state index contributed by atoms with van der Waals surface area (Å²) in [6.07, 6.45) is 0.409. The third-order valence-electron chi connectivity index (χ3n) is 3.11. The molecule has 1 heterocycles. The fraction of sp³-hybridized carbons (Fsp3) is 0.462. The minimum atomic E-state index is -3.03. The Morgan fingerprint density at radius 1 is 1.47 bits per heavy atom. The monoisotopic (exact) mass is 283 g/mol. The van der Waals surface area contributed by atoms with Gasteiger partial charge in [-0.05, 0) is 24.1 Å². The van der Waals surface area contributed by atoms with Gasteiger partial charge in [0.25, 0.3) is 0 Å². The van der Waals surface area contributed by atoms with Crippen LogP contribution in [0.25, 0.3) is 0 Å². The van der Waals surface area contributed by atoms with E-state index >= 15 is 0 Å². The van der Waals surface area contributed by atoms with E-state index in [0.29, 0.717) is 18.7 Å². The molecule has 1 N–H and O–H groups in total. The van der Waals surface area contributed by atoms with Crippen molar-refractivity contribution in [2.24, 2.45) is 5.92 Å². The van der Waals surface area contributed by atoms with Crippen LogP contribution in [0.1, 0.15) is 12.0 Å². The highest BCUT2D eigenvalue weighted by molar-refractivity contribution is 7.91. The van der Waals surface area contributed by atoms with Crippen molar-refractivity contribution in [3.63, 3.8) is 0 Å². The quantitative estimate of drug-likeness (QED) is 0.901. The molecule has 0 aliphatic carbocycles. The van der Waals surface area contributed by atoms with E-state index in [9.17, 15) is 13.2 Å². The van der Waals surface area contributed by atoms with Crippen LogP contribution in [0.15, 0.2) is 24.3 Å². The standard InChI is InChI=1S/C13H17NO4S/c1-18-8-10-3-2-4-12(7-10)14-13(15)11-5-6-19(16,17)9-11/h2-4,7,11H,5-6,8-9H2,1H3,(H,14,15). The van der Waals surface area contributed by atoms with Crippen LogP contribution in [0.3, 0.4) is 0 Å². The normalized spacial score (nSPS) is 21.2. The second-order valence-corrected chi connectivity index (χ2v) is 6.95. The van der Waals surface area contributed by atoms with E-state index in [1.807, 2.05) is 18.2 Å². The van der Waals surface area contributed by atoms with Crippen molar-refractivity contribution in [1.29, 1.82) is 0 Å². The first-order chi connectivity index (χ1) is 9.00. The summed E-state index contributed by atoms with van der Waals surface area (Å²) >= 11 is 0. The zero-order valence-corrected chi connectivity index (χ0v) is 11.6. The molecule has 2 rings (SSSR count). The van der Waals surface area contributed by atoms with Crippen LogP contribution in [0, 0.1) is 5.92 Å². The molecular weight excluding hydrogens is 266 g/mol. The van der Waals surface area contributed by atoms with Gasteiger partial charge in [-0.25, -0.2) is 8.42 Å². The highest BCUT2D eigenvalue weighted by Gasteiger charge is 2.32. The number of hydrogen-bond acceptors (Lipinski definition) is 4. The molecule has 6 heteroatoms. The molecule has 0 radical (unpaired) electrons. The molecule has 0 aromatic heterocycles. The van der Waals surface area contributed by atoms with Crippen LogP contribution in [-0.2, 0) is 26.0 Å². The van der Waals surface area contributed by atoms with Crippen molar-refractivity contribution in [2.75, 3.05) is 23.9 Å². The predicted octanol–water partition coefficient (Wildman–Crippen LogP) is 1.21. The average molecular weight is 283 g/mol. The number of amides is 1. The summed E-state index contributed by atoms with van der Waals surface area (Å²) in [5.41, 5.74) is 1.63. The van der Waals surface area contributed by atoms with Crippen molar-refractivity contribution in [3.05, 3.63) is 29.8 Å². The minimum Gasteiger partial charge on any atom is -0.380 e. The van der Waals surface area contributed by atoms with Gasteiger partial charge in [0, 0.05) is 12.8 Å². The van der Waals surface area contributed by atoms with Crippen molar-refractivity contribution < 1.29 is 17.9 Å². The van der Waals surface area contributed by atoms with Crippen molar-refractivity contribution in [3.8, 4) is 0 Å². The van der Waals surface area contributed by atoms with E-state index in [1.165, 1.54) is 0 Å². The number of carbonyl (C=O) groups excluding carboxylic acids is 1. The Morgan fingerprint density at radius 2 is 2.26 bits per heavy atom. The number of hydrogen-bond donors (Lipinski definition) is 1. The van der Waals surface area contributed by atoms with E-state index in [4.69, 9.17) is 4.74 Å². The molecular formula is C13H17NO4S. The molecule has 1 saturated heterocycles. The number of sulfone groups is 1. The summed E-state index contributed by atoms with van der Waals surface area (Å²) in [6, 6.07) is 7.33. The van der Waals surface area contributed by atoms with Gasteiger partial charge < -0.3 is 10.1 Å². The predicted molar refractivity (Wildman–Crippen MR) is 72.5 cm³/mol. The summed E-state index contributed by atoms with van der Waals surface area (Å²) in [6.45, 7) is 0.474. The molecule has 1 atom stereocenters. The van der Waals surface area contributed by atoms with E-state index in [2.05, 4.69) is 5.32 Å². The molecule has 104 valence electrons. The SMILES string of the molecule is COCc1cccc(NC(=O)C2CCS(=O)(=O)C2)c1. The molecule has 19 heavy (non-hydrogen) atoms. The zero-order chi connectivity index (χ0) is 13.9. The van der Waals surface area contributed by atoms with Gasteiger partial charge >= 0.3 is 0 Å².